The van der Waals surface area contributed by atoms with E-state index in [4.69, 9.17) is 9.47 Å². The van der Waals surface area contributed by atoms with Gasteiger partial charge in [-0.25, -0.2) is 0 Å². The molecule has 0 aliphatic carbocycles. The fourth-order valence-electron chi connectivity index (χ4n) is 2.87. The zero-order valence-corrected chi connectivity index (χ0v) is 16.0. The minimum absolute atomic E-state index is 0.262. The van der Waals surface area contributed by atoms with E-state index in [0.29, 0.717) is 13.0 Å². The van der Waals surface area contributed by atoms with Crippen molar-refractivity contribution in [3.05, 3.63) is 102 Å². The molecular weight excluding hydrogens is 350 g/mol. The lowest BCUT2D eigenvalue weighted by atomic mass is 10.1. The molecule has 0 heterocycles. The third kappa shape index (κ3) is 5.96. The van der Waals surface area contributed by atoms with E-state index in [1.54, 1.807) is 7.05 Å². The number of rotatable bonds is 9. The summed E-state index contributed by atoms with van der Waals surface area (Å²) in [6.45, 7) is 0.789. The Hall–Kier alpha value is -3.11. The van der Waals surface area contributed by atoms with Gasteiger partial charge in [0.1, 0.15) is 25.0 Å². The van der Waals surface area contributed by atoms with Gasteiger partial charge in [0.15, 0.2) is 0 Å². The van der Waals surface area contributed by atoms with Crippen molar-refractivity contribution >= 4 is 5.97 Å². The number of hydrogen-bond acceptors (Lipinski definition) is 4. The zero-order chi connectivity index (χ0) is 19.6. The molecule has 1 N–H and O–H groups in total. The first-order chi connectivity index (χ1) is 13.7. The summed E-state index contributed by atoms with van der Waals surface area (Å²) < 4.78 is 11.3. The van der Waals surface area contributed by atoms with Crippen molar-refractivity contribution in [2.45, 2.75) is 25.7 Å². The Morgan fingerprint density at radius 3 is 2.07 bits per heavy atom. The van der Waals surface area contributed by atoms with Crippen LogP contribution in [0.2, 0.25) is 0 Å². The first-order valence-electron chi connectivity index (χ1n) is 9.38. The van der Waals surface area contributed by atoms with Crippen molar-refractivity contribution < 1.29 is 14.3 Å². The molecule has 0 saturated carbocycles. The quantitative estimate of drug-likeness (QED) is 0.571. The minimum Gasteiger partial charge on any atom is -0.489 e. The summed E-state index contributed by atoms with van der Waals surface area (Å²) in [5.74, 6) is 0.524. The molecule has 1 atom stereocenters. The number of carbonyl (C=O) groups excluding carboxylic acids is 1. The van der Waals surface area contributed by atoms with Crippen LogP contribution in [0.25, 0.3) is 0 Å². The maximum absolute atomic E-state index is 12.4. The van der Waals surface area contributed by atoms with Crippen LogP contribution in [0.1, 0.15) is 16.7 Å². The number of esters is 1. The van der Waals surface area contributed by atoms with Crippen molar-refractivity contribution in [1.82, 2.24) is 5.32 Å². The van der Waals surface area contributed by atoms with Crippen molar-refractivity contribution in [2.75, 3.05) is 7.05 Å². The normalized spacial score (nSPS) is 11.6. The van der Waals surface area contributed by atoms with Gasteiger partial charge in [0.2, 0.25) is 0 Å². The molecule has 0 aliphatic heterocycles. The number of carbonyl (C=O) groups is 1. The maximum atomic E-state index is 12.4. The van der Waals surface area contributed by atoms with Gasteiger partial charge in [-0.1, -0.05) is 72.8 Å². The molecule has 0 saturated heterocycles. The first kappa shape index (κ1) is 19.6. The number of nitrogens with one attached hydrogen (secondary N) is 1. The van der Waals surface area contributed by atoms with E-state index in [1.165, 1.54) is 0 Å². The first-order valence-corrected chi connectivity index (χ1v) is 9.38. The number of benzene rings is 3. The Morgan fingerprint density at radius 1 is 0.821 bits per heavy atom. The van der Waals surface area contributed by atoms with Crippen LogP contribution in [0.5, 0.6) is 5.75 Å². The average Bonchev–Trinajstić information content (AvgIpc) is 2.76. The highest BCUT2D eigenvalue weighted by molar-refractivity contribution is 5.76. The molecule has 3 aromatic carbocycles. The van der Waals surface area contributed by atoms with E-state index in [9.17, 15) is 4.79 Å². The van der Waals surface area contributed by atoms with Gasteiger partial charge in [-0.2, -0.15) is 0 Å². The molecule has 0 fully saturated rings. The number of ether oxygens (including phenoxy) is 2. The van der Waals surface area contributed by atoms with Crippen LogP contribution in [0, 0.1) is 0 Å². The van der Waals surface area contributed by atoms with Crippen LogP contribution in [0.3, 0.4) is 0 Å². The molecular formula is C24H25NO3. The van der Waals surface area contributed by atoms with Crippen molar-refractivity contribution in [2.24, 2.45) is 0 Å². The molecule has 1 unspecified atom stereocenters. The van der Waals surface area contributed by atoms with Gasteiger partial charge in [0.25, 0.3) is 0 Å². The predicted octanol–water partition coefficient (Wildman–Crippen LogP) is 4.14. The summed E-state index contributed by atoms with van der Waals surface area (Å²) in [5.41, 5.74) is 3.11. The molecule has 0 amide bonds. The topological polar surface area (TPSA) is 47.6 Å². The third-order valence-electron chi connectivity index (χ3n) is 4.44. The van der Waals surface area contributed by atoms with Gasteiger partial charge >= 0.3 is 5.97 Å². The predicted molar refractivity (Wildman–Crippen MR) is 110 cm³/mol. The summed E-state index contributed by atoms with van der Waals surface area (Å²) in [4.78, 5) is 12.4. The fraction of sp³-hybridized carbons (Fsp3) is 0.208. The van der Waals surface area contributed by atoms with Gasteiger partial charge in [-0.05, 0) is 42.3 Å². The molecule has 144 valence electrons. The molecule has 3 rings (SSSR count). The molecule has 3 aromatic rings. The summed E-state index contributed by atoms with van der Waals surface area (Å²) >= 11 is 0. The van der Waals surface area contributed by atoms with Crippen molar-refractivity contribution in [3.8, 4) is 5.75 Å². The summed E-state index contributed by atoms with van der Waals surface area (Å²) in [6.07, 6.45) is 0.534. The van der Waals surface area contributed by atoms with Crippen LogP contribution < -0.4 is 10.1 Å². The lowest BCUT2D eigenvalue weighted by molar-refractivity contribution is -0.147. The van der Waals surface area contributed by atoms with E-state index in [0.717, 1.165) is 22.4 Å². The van der Waals surface area contributed by atoms with Gasteiger partial charge < -0.3 is 14.8 Å². The van der Waals surface area contributed by atoms with Crippen LogP contribution >= 0.6 is 0 Å². The highest BCUT2D eigenvalue weighted by Gasteiger charge is 2.19. The Labute approximate surface area is 166 Å². The monoisotopic (exact) mass is 375 g/mol. The molecule has 28 heavy (non-hydrogen) atoms. The standard InChI is InChI=1S/C24H25NO3/c1-25-23(24(26)28-18-20-11-6-3-7-12-20)16-21-13-8-14-22(15-21)27-17-19-9-4-2-5-10-19/h2-15,23,25H,16-18H2,1H3. The van der Waals surface area contributed by atoms with E-state index in [1.807, 2.05) is 84.9 Å². The fourth-order valence-corrected chi connectivity index (χ4v) is 2.87. The van der Waals surface area contributed by atoms with Crippen LogP contribution in [-0.2, 0) is 29.2 Å². The van der Waals surface area contributed by atoms with Crippen LogP contribution in [-0.4, -0.2) is 19.1 Å². The van der Waals surface area contributed by atoms with Crippen LogP contribution in [0.15, 0.2) is 84.9 Å². The molecule has 0 bridgehead atoms. The molecule has 0 spiro atoms. The van der Waals surface area contributed by atoms with Gasteiger partial charge in [-0.15, -0.1) is 0 Å². The third-order valence-corrected chi connectivity index (χ3v) is 4.44. The van der Waals surface area contributed by atoms with E-state index in [2.05, 4.69) is 5.32 Å². The lowest BCUT2D eigenvalue weighted by Gasteiger charge is -2.16. The zero-order valence-electron chi connectivity index (χ0n) is 16.0. The summed E-state index contributed by atoms with van der Waals surface area (Å²) in [7, 11) is 1.77. The van der Waals surface area contributed by atoms with Gasteiger partial charge in [-0.3, -0.25) is 4.79 Å². The molecule has 0 aromatic heterocycles. The Kier molecular flexibility index (Phi) is 7.21. The second-order valence-electron chi connectivity index (χ2n) is 6.56. The Bertz CT molecular complexity index is 865. The van der Waals surface area contributed by atoms with Gasteiger partial charge in [0.05, 0.1) is 0 Å². The maximum Gasteiger partial charge on any atom is 0.323 e. The molecule has 0 aliphatic rings. The largest absolute Gasteiger partial charge is 0.489 e. The SMILES string of the molecule is CNC(Cc1cccc(OCc2ccccc2)c1)C(=O)OCc1ccccc1. The van der Waals surface area contributed by atoms with Crippen LogP contribution in [0.4, 0.5) is 0 Å². The highest BCUT2D eigenvalue weighted by Crippen LogP contribution is 2.17. The van der Waals surface area contributed by atoms with E-state index >= 15 is 0 Å². The lowest BCUT2D eigenvalue weighted by Crippen LogP contribution is -2.37. The van der Waals surface area contributed by atoms with Gasteiger partial charge in [0, 0.05) is 0 Å². The second-order valence-corrected chi connectivity index (χ2v) is 6.56. The number of hydrogen-bond donors (Lipinski definition) is 1. The van der Waals surface area contributed by atoms with Crippen molar-refractivity contribution in [1.29, 1.82) is 0 Å². The summed E-state index contributed by atoms with van der Waals surface area (Å²) in [5, 5.41) is 3.05. The second kappa shape index (κ2) is 10.3. The minimum atomic E-state index is -0.409. The number of likely N-dealkylation sites (N-methyl/N-ethyl adjacent to an activating group) is 1. The van der Waals surface area contributed by atoms with E-state index < -0.39 is 6.04 Å². The Morgan fingerprint density at radius 2 is 1.43 bits per heavy atom. The van der Waals surface area contributed by atoms with Crippen molar-refractivity contribution in [3.63, 3.8) is 0 Å². The molecule has 0 radical (unpaired) electrons. The average molecular weight is 375 g/mol. The Balaban J connectivity index is 1.55. The highest BCUT2D eigenvalue weighted by atomic mass is 16.5. The molecule has 4 heteroatoms. The van der Waals surface area contributed by atoms with E-state index in [-0.39, 0.29) is 12.6 Å². The smallest absolute Gasteiger partial charge is 0.323 e. The summed E-state index contributed by atoms with van der Waals surface area (Å²) in [6, 6.07) is 27.1. The molecule has 4 nitrogen and oxygen atoms in total.